The molecule has 0 spiro atoms. The van der Waals surface area contributed by atoms with E-state index in [-0.39, 0.29) is 30.0 Å². The van der Waals surface area contributed by atoms with Crippen molar-refractivity contribution in [3.8, 4) is 0 Å². The van der Waals surface area contributed by atoms with E-state index in [9.17, 15) is 0 Å². The number of hydrogen-bond acceptors (Lipinski definition) is 2. The first-order chi connectivity index (χ1) is 12.5. The zero-order valence-corrected chi connectivity index (χ0v) is 19.5. The zero-order valence-electron chi connectivity index (χ0n) is 17.2. The summed E-state index contributed by atoms with van der Waals surface area (Å²) in [5.74, 6) is 1.53. The highest BCUT2D eigenvalue weighted by atomic mass is 127. The van der Waals surface area contributed by atoms with E-state index in [2.05, 4.69) is 72.0 Å². The van der Waals surface area contributed by atoms with Crippen LogP contribution in [0.1, 0.15) is 49.9 Å². The highest BCUT2D eigenvalue weighted by Gasteiger charge is 2.08. The smallest absolute Gasteiger partial charge is 0.191 e. The third-order valence-electron chi connectivity index (χ3n) is 4.39. The number of rotatable bonds is 8. The molecule has 150 valence electrons. The minimum atomic E-state index is 0. The van der Waals surface area contributed by atoms with E-state index in [1.807, 2.05) is 25.0 Å². The second kappa shape index (κ2) is 12.0. The molecule has 0 aliphatic heterocycles. The predicted octanol–water partition coefficient (Wildman–Crippen LogP) is 4.10. The minimum Gasteiger partial charge on any atom is -0.356 e. The van der Waals surface area contributed by atoms with Crippen molar-refractivity contribution in [2.24, 2.45) is 18.0 Å². The van der Waals surface area contributed by atoms with Crippen LogP contribution in [0.4, 0.5) is 0 Å². The molecule has 0 fully saturated rings. The quantitative estimate of drug-likeness (QED) is 0.257. The number of aryl methyl sites for hydroxylation is 2. The maximum absolute atomic E-state index is 4.34. The van der Waals surface area contributed by atoms with Gasteiger partial charge in [0.15, 0.2) is 5.96 Å². The first-order valence-corrected chi connectivity index (χ1v) is 9.51. The average Bonchev–Trinajstić information content (AvgIpc) is 3.02. The molecule has 1 aromatic carbocycles. The molecular weight excluding hydrogens is 449 g/mol. The third-order valence-corrected chi connectivity index (χ3v) is 4.39. The molecule has 0 saturated heterocycles. The lowest BCUT2D eigenvalue weighted by molar-refractivity contribution is 0.645. The van der Waals surface area contributed by atoms with E-state index in [0.717, 1.165) is 31.8 Å². The van der Waals surface area contributed by atoms with E-state index in [1.165, 1.54) is 16.7 Å². The van der Waals surface area contributed by atoms with Gasteiger partial charge in [-0.05, 0) is 48.8 Å². The lowest BCUT2D eigenvalue weighted by Gasteiger charge is -2.18. The number of benzene rings is 1. The van der Waals surface area contributed by atoms with Gasteiger partial charge in [0, 0.05) is 26.8 Å². The Hall–Kier alpha value is -1.57. The van der Waals surface area contributed by atoms with Gasteiger partial charge in [0.2, 0.25) is 0 Å². The van der Waals surface area contributed by atoms with Gasteiger partial charge >= 0.3 is 0 Å². The van der Waals surface area contributed by atoms with Gasteiger partial charge in [-0.1, -0.05) is 38.1 Å². The Morgan fingerprint density at radius 1 is 1.15 bits per heavy atom. The van der Waals surface area contributed by atoms with Crippen LogP contribution < -0.4 is 10.6 Å². The summed E-state index contributed by atoms with van der Waals surface area (Å²) in [5.41, 5.74) is 3.94. The fourth-order valence-corrected chi connectivity index (χ4v) is 3.00. The van der Waals surface area contributed by atoms with Gasteiger partial charge in [0.1, 0.15) is 0 Å². The minimum absolute atomic E-state index is 0. The second-order valence-corrected chi connectivity index (χ2v) is 7.33. The number of aromatic nitrogens is 2. The maximum atomic E-state index is 4.34. The van der Waals surface area contributed by atoms with E-state index < -0.39 is 0 Å². The number of halogens is 1. The number of nitrogens with zero attached hydrogens (tertiary/aromatic N) is 3. The highest BCUT2D eigenvalue weighted by Crippen LogP contribution is 2.15. The van der Waals surface area contributed by atoms with Gasteiger partial charge in [0.05, 0.1) is 12.2 Å². The van der Waals surface area contributed by atoms with Crippen LogP contribution in [-0.4, -0.2) is 29.3 Å². The monoisotopic (exact) mass is 483 g/mol. The Labute approximate surface area is 181 Å². The standard InChI is InChI=1S/C21H33N5.HI/c1-16(2)13-18-8-10-20(11-9-18)17(3)25-21(22-4)23-12-6-7-19-14-24-26(5)15-19;/h8-11,14-17H,6-7,12-13H2,1-5H3,(H2,22,23,25);1H. The normalized spacial score (nSPS) is 12.6. The molecule has 0 aliphatic rings. The molecular formula is C21H34IN5. The van der Waals surface area contributed by atoms with Gasteiger partial charge in [0.25, 0.3) is 0 Å². The van der Waals surface area contributed by atoms with E-state index >= 15 is 0 Å². The molecule has 2 N–H and O–H groups in total. The van der Waals surface area contributed by atoms with Crippen LogP contribution in [0.25, 0.3) is 0 Å². The number of hydrogen-bond donors (Lipinski definition) is 2. The molecule has 1 unspecified atom stereocenters. The lowest BCUT2D eigenvalue weighted by atomic mass is 10.00. The van der Waals surface area contributed by atoms with Crippen LogP contribution in [0.3, 0.4) is 0 Å². The summed E-state index contributed by atoms with van der Waals surface area (Å²) < 4.78 is 1.84. The molecule has 1 atom stereocenters. The SMILES string of the molecule is CN=C(NCCCc1cnn(C)c1)NC(C)c1ccc(CC(C)C)cc1.I. The van der Waals surface area contributed by atoms with Gasteiger partial charge in [-0.25, -0.2) is 0 Å². The van der Waals surface area contributed by atoms with Crippen molar-refractivity contribution in [1.29, 1.82) is 0 Å². The van der Waals surface area contributed by atoms with Crippen molar-refractivity contribution in [1.82, 2.24) is 20.4 Å². The van der Waals surface area contributed by atoms with Crippen molar-refractivity contribution >= 4 is 29.9 Å². The van der Waals surface area contributed by atoms with Crippen molar-refractivity contribution in [2.75, 3.05) is 13.6 Å². The first-order valence-electron chi connectivity index (χ1n) is 9.51. The van der Waals surface area contributed by atoms with Gasteiger partial charge in [-0.2, -0.15) is 5.10 Å². The van der Waals surface area contributed by atoms with Crippen LogP contribution in [0, 0.1) is 5.92 Å². The topological polar surface area (TPSA) is 54.2 Å². The molecule has 5 nitrogen and oxygen atoms in total. The largest absolute Gasteiger partial charge is 0.356 e. The summed E-state index contributed by atoms with van der Waals surface area (Å²) >= 11 is 0. The molecule has 2 aromatic rings. The zero-order chi connectivity index (χ0) is 18.9. The van der Waals surface area contributed by atoms with Gasteiger partial charge in [-0.15, -0.1) is 24.0 Å². The summed E-state index contributed by atoms with van der Waals surface area (Å²) in [6.07, 6.45) is 7.19. The Bertz CT molecular complexity index is 691. The summed E-state index contributed by atoms with van der Waals surface area (Å²) in [5, 5.41) is 11.1. The summed E-state index contributed by atoms with van der Waals surface area (Å²) in [4.78, 5) is 4.34. The number of guanidine groups is 1. The molecule has 0 amide bonds. The third kappa shape index (κ3) is 8.32. The Morgan fingerprint density at radius 3 is 2.41 bits per heavy atom. The Morgan fingerprint density at radius 2 is 1.85 bits per heavy atom. The Balaban J connectivity index is 0.00000364. The summed E-state index contributed by atoms with van der Waals surface area (Å²) in [7, 11) is 3.76. The fourth-order valence-electron chi connectivity index (χ4n) is 3.00. The van der Waals surface area contributed by atoms with Crippen molar-refractivity contribution in [3.63, 3.8) is 0 Å². The van der Waals surface area contributed by atoms with Crippen molar-refractivity contribution in [2.45, 2.75) is 46.1 Å². The number of nitrogens with one attached hydrogen (secondary N) is 2. The highest BCUT2D eigenvalue weighted by molar-refractivity contribution is 14.0. The van der Waals surface area contributed by atoms with E-state index in [0.29, 0.717) is 5.92 Å². The van der Waals surface area contributed by atoms with Gasteiger partial charge in [-0.3, -0.25) is 9.67 Å². The van der Waals surface area contributed by atoms with Crippen LogP contribution in [0.2, 0.25) is 0 Å². The molecule has 0 radical (unpaired) electrons. The number of aliphatic imine (C=N–C) groups is 1. The van der Waals surface area contributed by atoms with Crippen LogP contribution in [0.5, 0.6) is 0 Å². The molecule has 1 aromatic heterocycles. The second-order valence-electron chi connectivity index (χ2n) is 7.33. The molecule has 0 aliphatic carbocycles. The van der Waals surface area contributed by atoms with E-state index in [1.54, 1.807) is 0 Å². The molecule has 1 heterocycles. The Kier molecular flexibility index (Phi) is 10.4. The summed E-state index contributed by atoms with van der Waals surface area (Å²) in [6, 6.07) is 9.11. The molecule has 2 rings (SSSR count). The van der Waals surface area contributed by atoms with Crippen LogP contribution in [-0.2, 0) is 19.9 Å². The summed E-state index contributed by atoms with van der Waals surface area (Å²) in [6.45, 7) is 7.55. The van der Waals surface area contributed by atoms with Crippen LogP contribution in [0.15, 0.2) is 41.7 Å². The first kappa shape index (κ1) is 23.5. The lowest BCUT2D eigenvalue weighted by Crippen LogP contribution is -2.39. The molecule has 0 saturated carbocycles. The van der Waals surface area contributed by atoms with Gasteiger partial charge < -0.3 is 10.6 Å². The predicted molar refractivity (Wildman–Crippen MR) is 125 cm³/mol. The molecule has 27 heavy (non-hydrogen) atoms. The average molecular weight is 483 g/mol. The maximum Gasteiger partial charge on any atom is 0.191 e. The van der Waals surface area contributed by atoms with Crippen molar-refractivity contribution in [3.05, 3.63) is 53.3 Å². The van der Waals surface area contributed by atoms with E-state index in [4.69, 9.17) is 0 Å². The van der Waals surface area contributed by atoms with Crippen LogP contribution >= 0.6 is 24.0 Å². The molecule has 6 heteroatoms. The molecule has 0 bridgehead atoms. The van der Waals surface area contributed by atoms with Crippen molar-refractivity contribution < 1.29 is 0 Å². The fraction of sp³-hybridized carbons (Fsp3) is 0.524.